The van der Waals surface area contributed by atoms with Crippen molar-refractivity contribution in [3.8, 4) is 0 Å². The summed E-state index contributed by atoms with van der Waals surface area (Å²) in [5.74, 6) is -0.409. The molecule has 0 spiro atoms. The number of esters is 1. The topological polar surface area (TPSA) is 38.8 Å². The van der Waals surface area contributed by atoms with E-state index in [1.807, 2.05) is 0 Å². The minimum absolute atomic E-state index is 0.105. The van der Waals surface area contributed by atoms with Crippen LogP contribution in [-0.2, 0) is 14.3 Å². The van der Waals surface area contributed by atoms with Crippen molar-refractivity contribution in [1.29, 1.82) is 0 Å². The molecule has 0 N–H and O–H groups in total. The Hall–Kier alpha value is 0.870. The fourth-order valence-corrected chi connectivity index (χ4v) is 0.758. The molecule has 1 heterocycles. The average Bonchev–Trinajstić information content (AvgIpc) is 2.62. The van der Waals surface area contributed by atoms with Crippen LogP contribution in [0, 0.1) is 0 Å². The Balaban J connectivity index is 2.19. The third kappa shape index (κ3) is 3.87. The first-order chi connectivity index (χ1) is 5.00. The molecule has 3 nitrogen and oxygen atoms in total. The number of hydrogen-bond donors (Lipinski definition) is 0. The molecule has 0 aromatic carbocycles. The molecule has 0 radical (unpaired) electrons. The molecule has 64 valence electrons. The van der Waals surface area contributed by atoms with Crippen LogP contribution in [0.4, 0.5) is 0 Å². The SMILES string of the molecule is O=C(OCC1CO1)C(Br)(Br)Br. The number of carbonyl (C=O) groups excluding carboxylic acids is 1. The van der Waals surface area contributed by atoms with Crippen molar-refractivity contribution >= 4 is 53.8 Å². The Morgan fingerprint density at radius 2 is 2.18 bits per heavy atom. The van der Waals surface area contributed by atoms with Crippen LogP contribution in [0.15, 0.2) is 0 Å². The van der Waals surface area contributed by atoms with Gasteiger partial charge >= 0.3 is 5.97 Å². The predicted octanol–water partition coefficient (Wildman–Crippen LogP) is 1.77. The van der Waals surface area contributed by atoms with Gasteiger partial charge in [-0.1, -0.05) is 0 Å². The van der Waals surface area contributed by atoms with Crippen LogP contribution in [0.3, 0.4) is 0 Å². The maximum atomic E-state index is 11.0. The van der Waals surface area contributed by atoms with Crippen molar-refractivity contribution in [3.63, 3.8) is 0 Å². The van der Waals surface area contributed by atoms with E-state index in [0.717, 1.165) is 0 Å². The Bertz CT molecular complexity index is 161. The lowest BCUT2D eigenvalue weighted by molar-refractivity contribution is -0.142. The molecule has 1 saturated heterocycles. The second-order valence-electron chi connectivity index (χ2n) is 2.05. The minimum Gasteiger partial charge on any atom is -0.461 e. The van der Waals surface area contributed by atoms with Crippen molar-refractivity contribution < 1.29 is 14.3 Å². The average molecular weight is 353 g/mol. The van der Waals surface area contributed by atoms with Crippen molar-refractivity contribution in [2.24, 2.45) is 0 Å². The number of rotatable bonds is 2. The summed E-state index contributed by atoms with van der Waals surface area (Å²) in [4.78, 5) is 11.0. The highest BCUT2D eigenvalue weighted by Gasteiger charge is 2.33. The molecule has 1 fully saturated rings. The monoisotopic (exact) mass is 350 g/mol. The second-order valence-corrected chi connectivity index (χ2v) is 8.81. The summed E-state index contributed by atoms with van der Waals surface area (Å²) in [6.07, 6.45) is 0.105. The van der Waals surface area contributed by atoms with Crippen molar-refractivity contribution in [3.05, 3.63) is 0 Å². The maximum Gasteiger partial charge on any atom is 0.345 e. The highest BCUT2D eigenvalue weighted by molar-refractivity contribution is 9.40. The van der Waals surface area contributed by atoms with Crippen LogP contribution in [0.25, 0.3) is 0 Å². The Morgan fingerprint density at radius 3 is 2.55 bits per heavy atom. The number of hydrogen-bond acceptors (Lipinski definition) is 3. The van der Waals surface area contributed by atoms with Crippen molar-refractivity contribution in [1.82, 2.24) is 0 Å². The van der Waals surface area contributed by atoms with Crippen LogP contribution in [0.2, 0.25) is 0 Å². The van der Waals surface area contributed by atoms with Gasteiger partial charge < -0.3 is 9.47 Å². The van der Waals surface area contributed by atoms with E-state index in [-0.39, 0.29) is 6.10 Å². The molecule has 0 aromatic rings. The molecule has 1 unspecified atom stereocenters. The molecule has 1 aliphatic heterocycles. The van der Waals surface area contributed by atoms with Crippen LogP contribution < -0.4 is 0 Å². The van der Waals surface area contributed by atoms with Crippen LogP contribution >= 0.6 is 47.8 Å². The van der Waals surface area contributed by atoms with E-state index < -0.39 is 8.11 Å². The van der Waals surface area contributed by atoms with Gasteiger partial charge in [0.15, 0.2) is 0 Å². The molecule has 1 aliphatic rings. The Labute approximate surface area is 89.2 Å². The van der Waals surface area contributed by atoms with Gasteiger partial charge in [0.05, 0.1) is 6.61 Å². The minimum atomic E-state index is -0.956. The second kappa shape index (κ2) is 3.72. The number of alkyl halides is 3. The first-order valence-corrected chi connectivity index (χ1v) is 5.23. The lowest BCUT2D eigenvalue weighted by Gasteiger charge is -2.09. The largest absolute Gasteiger partial charge is 0.461 e. The summed E-state index contributed by atoms with van der Waals surface area (Å²) in [5.41, 5.74) is 0. The Kier molecular flexibility index (Phi) is 3.37. The van der Waals surface area contributed by atoms with Gasteiger partial charge in [-0.15, -0.1) is 0 Å². The summed E-state index contributed by atoms with van der Waals surface area (Å²) in [6, 6.07) is 0. The van der Waals surface area contributed by atoms with E-state index in [9.17, 15) is 4.79 Å². The van der Waals surface area contributed by atoms with Crippen LogP contribution in [0.5, 0.6) is 0 Å². The molecule has 1 rings (SSSR count). The number of ether oxygens (including phenoxy) is 2. The summed E-state index contributed by atoms with van der Waals surface area (Å²) in [5, 5.41) is 0. The zero-order valence-electron chi connectivity index (χ0n) is 5.35. The molecule has 0 bridgehead atoms. The molecule has 0 aromatic heterocycles. The lowest BCUT2D eigenvalue weighted by atomic mass is 10.5. The van der Waals surface area contributed by atoms with E-state index in [1.54, 1.807) is 0 Å². The van der Waals surface area contributed by atoms with Gasteiger partial charge in [0.2, 0.25) is 2.14 Å². The van der Waals surface area contributed by atoms with E-state index in [4.69, 9.17) is 9.47 Å². The third-order valence-electron chi connectivity index (χ3n) is 1.03. The van der Waals surface area contributed by atoms with Gasteiger partial charge in [0.1, 0.15) is 12.7 Å². The molecule has 1 atom stereocenters. The summed E-state index contributed by atoms with van der Waals surface area (Å²) < 4.78 is 8.72. The fraction of sp³-hybridized carbons (Fsp3) is 0.800. The van der Waals surface area contributed by atoms with Gasteiger partial charge in [0.25, 0.3) is 0 Å². The molecular formula is C5H5Br3O3. The van der Waals surface area contributed by atoms with Crippen molar-refractivity contribution in [2.45, 2.75) is 8.25 Å². The van der Waals surface area contributed by atoms with E-state index in [1.165, 1.54) is 0 Å². The molecule has 11 heavy (non-hydrogen) atoms. The molecular weight excluding hydrogens is 348 g/mol. The number of carbonyl (C=O) groups is 1. The highest BCUT2D eigenvalue weighted by atomic mass is 80.0. The molecule has 0 saturated carbocycles. The fourth-order valence-electron chi connectivity index (χ4n) is 0.415. The number of epoxide rings is 1. The maximum absolute atomic E-state index is 11.0. The third-order valence-corrected chi connectivity index (χ3v) is 2.01. The zero-order valence-corrected chi connectivity index (χ0v) is 10.1. The van der Waals surface area contributed by atoms with Gasteiger partial charge in [0, 0.05) is 0 Å². The molecule has 0 amide bonds. The summed E-state index contributed by atoms with van der Waals surface area (Å²) in [7, 11) is 0. The van der Waals surface area contributed by atoms with Crippen LogP contribution in [-0.4, -0.2) is 27.4 Å². The highest BCUT2D eigenvalue weighted by Crippen LogP contribution is 2.34. The normalized spacial score (nSPS) is 23.0. The van der Waals surface area contributed by atoms with Gasteiger partial charge in [-0.05, 0) is 47.8 Å². The van der Waals surface area contributed by atoms with Crippen LogP contribution in [0.1, 0.15) is 0 Å². The first-order valence-electron chi connectivity index (χ1n) is 2.85. The Morgan fingerprint density at radius 1 is 1.64 bits per heavy atom. The summed E-state index contributed by atoms with van der Waals surface area (Å²) >= 11 is 9.10. The zero-order chi connectivity index (χ0) is 8.48. The summed E-state index contributed by atoms with van der Waals surface area (Å²) in [6.45, 7) is 1.01. The predicted molar refractivity (Wildman–Crippen MR) is 50.2 cm³/mol. The van der Waals surface area contributed by atoms with E-state index >= 15 is 0 Å². The molecule has 0 aliphatic carbocycles. The number of halogens is 3. The smallest absolute Gasteiger partial charge is 0.345 e. The van der Waals surface area contributed by atoms with Crippen molar-refractivity contribution in [2.75, 3.05) is 13.2 Å². The lowest BCUT2D eigenvalue weighted by Crippen LogP contribution is -2.22. The molecule has 6 heteroatoms. The first kappa shape index (κ1) is 9.95. The van der Waals surface area contributed by atoms with E-state index in [2.05, 4.69) is 47.8 Å². The standard InChI is InChI=1S/C5H5Br3O3/c6-5(7,8)4(9)11-2-3-1-10-3/h3H,1-2H2. The van der Waals surface area contributed by atoms with Gasteiger partial charge in [-0.3, -0.25) is 0 Å². The van der Waals surface area contributed by atoms with E-state index in [0.29, 0.717) is 13.2 Å². The van der Waals surface area contributed by atoms with Gasteiger partial charge in [-0.2, -0.15) is 0 Å². The quantitative estimate of drug-likeness (QED) is 0.432. The van der Waals surface area contributed by atoms with Gasteiger partial charge in [-0.25, -0.2) is 4.79 Å².